The Morgan fingerprint density at radius 1 is 1.42 bits per heavy atom. The quantitative estimate of drug-likeness (QED) is 0.808. The summed E-state index contributed by atoms with van der Waals surface area (Å²) in [5.41, 5.74) is 0. The van der Waals surface area contributed by atoms with E-state index in [0.717, 1.165) is 0 Å². The zero-order chi connectivity index (χ0) is 9.30. The molecule has 0 unspecified atom stereocenters. The summed E-state index contributed by atoms with van der Waals surface area (Å²) in [5, 5.41) is 18.6. The van der Waals surface area contributed by atoms with Crippen molar-refractivity contribution in [3.63, 3.8) is 0 Å². The number of phenolic OH excluding ortho intramolecular Hbond substituents is 2. The van der Waals surface area contributed by atoms with Crippen LogP contribution >= 0.6 is 27.5 Å². The number of methoxy groups -OCH3 is 1. The van der Waals surface area contributed by atoms with E-state index >= 15 is 0 Å². The zero-order valence-corrected chi connectivity index (χ0v) is 8.48. The van der Waals surface area contributed by atoms with E-state index < -0.39 is 0 Å². The molecule has 0 aliphatic rings. The number of hydrogen-bond donors (Lipinski definition) is 2. The number of benzene rings is 1. The summed E-state index contributed by atoms with van der Waals surface area (Å²) < 4.78 is 4.92. The number of rotatable bonds is 1. The summed E-state index contributed by atoms with van der Waals surface area (Å²) >= 11 is 8.56. The van der Waals surface area contributed by atoms with E-state index in [1.165, 1.54) is 13.2 Å². The first-order chi connectivity index (χ1) is 5.57. The third-order valence-electron chi connectivity index (χ3n) is 1.35. The van der Waals surface area contributed by atoms with Crippen LogP contribution in [0.1, 0.15) is 0 Å². The lowest BCUT2D eigenvalue weighted by atomic mass is 10.3. The Labute approximate surface area is 82.7 Å². The van der Waals surface area contributed by atoms with Gasteiger partial charge in [0.25, 0.3) is 0 Å². The van der Waals surface area contributed by atoms with Crippen LogP contribution in [0.4, 0.5) is 0 Å². The Kier molecular flexibility index (Phi) is 2.69. The molecule has 0 amide bonds. The molecule has 1 aromatic carbocycles. The molecule has 0 spiro atoms. The highest BCUT2D eigenvalue weighted by atomic mass is 79.9. The summed E-state index contributed by atoms with van der Waals surface area (Å²) in [5.74, 6) is -0.154. The van der Waals surface area contributed by atoms with Crippen molar-refractivity contribution in [2.45, 2.75) is 0 Å². The maximum Gasteiger partial charge on any atom is 0.176 e. The van der Waals surface area contributed by atoms with Gasteiger partial charge in [0.1, 0.15) is 4.47 Å². The molecule has 2 N–H and O–H groups in total. The SMILES string of the molecule is COc1cc(Cl)c(O)c(Br)c1O. The van der Waals surface area contributed by atoms with E-state index in [9.17, 15) is 10.2 Å². The van der Waals surface area contributed by atoms with Crippen LogP contribution in [0, 0.1) is 0 Å². The van der Waals surface area contributed by atoms with Crippen molar-refractivity contribution in [2.75, 3.05) is 7.11 Å². The van der Waals surface area contributed by atoms with Gasteiger partial charge in [-0.25, -0.2) is 0 Å². The second kappa shape index (κ2) is 3.41. The maximum atomic E-state index is 9.31. The molecular formula is C7H6BrClO3. The normalized spacial score (nSPS) is 9.92. The standard InChI is InChI=1S/C7H6BrClO3/c1-12-4-2-3(9)6(10)5(8)7(4)11/h2,10-11H,1H3. The van der Waals surface area contributed by atoms with Gasteiger partial charge >= 0.3 is 0 Å². The summed E-state index contributed by atoms with van der Waals surface area (Å²) in [4.78, 5) is 0. The van der Waals surface area contributed by atoms with Gasteiger partial charge in [-0.2, -0.15) is 0 Å². The molecule has 1 rings (SSSR count). The van der Waals surface area contributed by atoms with Crippen LogP contribution < -0.4 is 4.74 Å². The third kappa shape index (κ3) is 1.44. The predicted octanol–water partition coefficient (Wildman–Crippen LogP) is 2.52. The van der Waals surface area contributed by atoms with Crippen molar-refractivity contribution in [1.82, 2.24) is 0 Å². The Hall–Kier alpha value is -0.610. The van der Waals surface area contributed by atoms with E-state index in [1.807, 2.05) is 0 Å². The number of aromatic hydroxyl groups is 2. The molecule has 12 heavy (non-hydrogen) atoms. The highest BCUT2D eigenvalue weighted by molar-refractivity contribution is 9.10. The molecule has 0 aliphatic heterocycles. The van der Waals surface area contributed by atoms with E-state index in [2.05, 4.69) is 15.9 Å². The molecule has 0 atom stereocenters. The van der Waals surface area contributed by atoms with Gasteiger partial charge in [0, 0.05) is 6.07 Å². The summed E-state index contributed by atoms with van der Waals surface area (Å²) in [6.07, 6.45) is 0. The Morgan fingerprint density at radius 2 is 2.00 bits per heavy atom. The topological polar surface area (TPSA) is 49.7 Å². The Morgan fingerprint density at radius 3 is 2.50 bits per heavy atom. The van der Waals surface area contributed by atoms with Gasteiger partial charge in [-0.15, -0.1) is 0 Å². The van der Waals surface area contributed by atoms with Crippen molar-refractivity contribution < 1.29 is 14.9 Å². The van der Waals surface area contributed by atoms with Gasteiger partial charge in [-0.05, 0) is 15.9 Å². The van der Waals surface area contributed by atoms with E-state index in [4.69, 9.17) is 16.3 Å². The second-order valence-corrected chi connectivity index (χ2v) is 3.27. The minimum Gasteiger partial charge on any atom is -0.505 e. The molecule has 0 radical (unpaired) electrons. The van der Waals surface area contributed by atoms with Gasteiger partial charge in [0.05, 0.1) is 12.1 Å². The fourth-order valence-electron chi connectivity index (χ4n) is 0.733. The summed E-state index contributed by atoms with van der Waals surface area (Å²) in [6.45, 7) is 0. The minimum absolute atomic E-state index is 0.122. The fourth-order valence-corrected chi connectivity index (χ4v) is 1.45. The van der Waals surface area contributed by atoms with Crippen LogP contribution in [0.3, 0.4) is 0 Å². The molecule has 0 bridgehead atoms. The maximum absolute atomic E-state index is 9.31. The average molecular weight is 253 g/mol. The lowest BCUT2D eigenvalue weighted by molar-refractivity contribution is 0.367. The van der Waals surface area contributed by atoms with E-state index in [0.29, 0.717) is 0 Å². The van der Waals surface area contributed by atoms with Gasteiger partial charge in [0.15, 0.2) is 17.2 Å². The largest absolute Gasteiger partial charge is 0.505 e. The molecule has 0 saturated carbocycles. The van der Waals surface area contributed by atoms with Crippen molar-refractivity contribution in [2.24, 2.45) is 0 Å². The van der Waals surface area contributed by atoms with Gasteiger partial charge in [-0.1, -0.05) is 11.6 Å². The van der Waals surface area contributed by atoms with Crippen LogP contribution in [-0.2, 0) is 0 Å². The van der Waals surface area contributed by atoms with Gasteiger partial charge in [0.2, 0.25) is 0 Å². The molecule has 1 aromatic rings. The van der Waals surface area contributed by atoms with Crippen LogP contribution in [0.5, 0.6) is 17.2 Å². The molecule has 0 fully saturated rings. The van der Waals surface area contributed by atoms with Crippen LogP contribution in [0.2, 0.25) is 5.02 Å². The Bertz CT molecular complexity index is 314. The lowest BCUT2D eigenvalue weighted by Gasteiger charge is -2.07. The van der Waals surface area contributed by atoms with E-state index in [-0.39, 0.29) is 26.7 Å². The summed E-state index contributed by atoms with van der Waals surface area (Å²) in [7, 11) is 1.40. The van der Waals surface area contributed by atoms with E-state index in [1.54, 1.807) is 0 Å². The van der Waals surface area contributed by atoms with Crippen molar-refractivity contribution in [3.8, 4) is 17.2 Å². The fraction of sp³-hybridized carbons (Fsp3) is 0.143. The number of ether oxygens (including phenoxy) is 1. The first kappa shape index (κ1) is 9.48. The van der Waals surface area contributed by atoms with Crippen molar-refractivity contribution >= 4 is 27.5 Å². The second-order valence-electron chi connectivity index (χ2n) is 2.07. The average Bonchev–Trinajstić information content (AvgIpc) is 2.08. The highest BCUT2D eigenvalue weighted by Crippen LogP contribution is 2.44. The molecule has 5 heteroatoms. The van der Waals surface area contributed by atoms with Crippen LogP contribution in [0.15, 0.2) is 10.5 Å². The van der Waals surface area contributed by atoms with Crippen LogP contribution in [-0.4, -0.2) is 17.3 Å². The minimum atomic E-state index is -0.199. The van der Waals surface area contributed by atoms with Crippen molar-refractivity contribution in [3.05, 3.63) is 15.6 Å². The predicted molar refractivity (Wildman–Crippen MR) is 49.0 cm³/mol. The molecule has 0 aromatic heterocycles. The van der Waals surface area contributed by atoms with Crippen molar-refractivity contribution in [1.29, 1.82) is 0 Å². The lowest BCUT2D eigenvalue weighted by Crippen LogP contribution is -1.85. The molecular weight excluding hydrogens is 247 g/mol. The number of phenols is 2. The number of hydrogen-bond acceptors (Lipinski definition) is 3. The van der Waals surface area contributed by atoms with Gasteiger partial charge in [-0.3, -0.25) is 0 Å². The smallest absolute Gasteiger partial charge is 0.176 e. The van der Waals surface area contributed by atoms with Crippen LogP contribution in [0.25, 0.3) is 0 Å². The van der Waals surface area contributed by atoms with Gasteiger partial charge < -0.3 is 14.9 Å². The Balaban J connectivity index is 3.39. The summed E-state index contributed by atoms with van der Waals surface area (Å²) in [6, 6.07) is 1.33. The number of halogens is 2. The zero-order valence-electron chi connectivity index (χ0n) is 6.14. The molecule has 66 valence electrons. The molecule has 0 heterocycles. The monoisotopic (exact) mass is 252 g/mol. The molecule has 3 nitrogen and oxygen atoms in total. The third-order valence-corrected chi connectivity index (χ3v) is 2.39. The highest BCUT2D eigenvalue weighted by Gasteiger charge is 2.14. The molecule has 0 aliphatic carbocycles. The molecule has 0 saturated heterocycles. The first-order valence-electron chi connectivity index (χ1n) is 3.01. The first-order valence-corrected chi connectivity index (χ1v) is 4.19.